The van der Waals surface area contributed by atoms with Crippen LogP contribution < -0.4 is 10.2 Å². The van der Waals surface area contributed by atoms with Crippen molar-refractivity contribution in [3.63, 3.8) is 0 Å². The summed E-state index contributed by atoms with van der Waals surface area (Å²) in [5, 5.41) is 2.73. The summed E-state index contributed by atoms with van der Waals surface area (Å²) in [7, 11) is 0. The number of urea groups is 1. The summed E-state index contributed by atoms with van der Waals surface area (Å²) in [5.41, 5.74) is 0.0197. The first-order chi connectivity index (χ1) is 11.1. The van der Waals surface area contributed by atoms with E-state index in [0.29, 0.717) is 26.2 Å². The van der Waals surface area contributed by atoms with Crippen LogP contribution in [0.1, 0.15) is 0 Å². The third-order valence-corrected chi connectivity index (χ3v) is 4.05. The van der Waals surface area contributed by atoms with E-state index in [1.54, 1.807) is 17.2 Å². The van der Waals surface area contributed by atoms with E-state index in [1.807, 2.05) is 18.2 Å². The number of carbonyl (C=O) groups is 1. The van der Waals surface area contributed by atoms with Crippen LogP contribution in [0.4, 0.5) is 20.7 Å². The number of amides is 2. The molecule has 1 aliphatic heterocycles. The van der Waals surface area contributed by atoms with E-state index in [-0.39, 0.29) is 16.7 Å². The third kappa shape index (κ3) is 3.53. The second-order valence-corrected chi connectivity index (χ2v) is 5.60. The number of aromatic nitrogens is 1. The number of carbonyl (C=O) groups excluding carboxylic acids is 1. The average molecular weight is 335 g/mol. The van der Waals surface area contributed by atoms with Crippen molar-refractivity contribution in [3.8, 4) is 0 Å². The Kier molecular flexibility index (Phi) is 4.62. The van der Waals surface area contributed by atoms with Crippen molar-refractivity contribution in [2.24, 2.45) is 0 Å². The van der Waals surface area contributed by atoms with E-state index in [0.717, 1.165) is 5.82 Å². The number of hydrogen-bond donors (Lipinski definition) is 1. The van der Waals surface area contributed by atoms with Gasteiger partial charge in [0, 0.05) is 32.4 Å². The Morgan fingerprint density at radius 1 is 1.13 bits per heavy atom. The van der Waals surface area contributed by atoms with E-state index < -0.39 is 5.82 Å². The second-order valence-electron chi connectivity index (χ2n) is 5.19. The maximum atomic E-state index is 13.7. The van der Waals surface area contributed by atoms with Gasteiger partial charge >= 0.3 is 6.03 Å². The molecule has 0 radical (unpaired) electrons. The summed E-state index contributed by atoms with van der Waals surface area (Å²) >= 11 is 5.93. The van der Waals surface area contributed by atoms with E-state index in [1.165, 1.54) is 12.1 Å². The summed E-state index contributed by atoms with van der Waals surface area (Å²) in [6.45, 7) is 2.42. The maximum Gasteiger partial charge on any atom is 0.322 e. The summed E-state index contributed by atoms with van der Waals surface area (Å²) in [6, 6.07) is 9.69. The molecule has 1 N–H and O–H groups in total. The van der Waals surface area contributed by atoms with Crippen molar-refractivity contribution < 1.29 is 9.18 Å². The maximum absolute atomic E-state index is 13.7. The summed E-state index contributed by atoms with van der Waals surface area (Å²) in [5.74, 6) is 0.350. The minimum absolute atomic E-state index is 0.0197. The lowest BCUT2D eigenvalue weighted by molar-refractivity contribution is 0.208. The highest BCUT2D eigenvalue weighted by molar-refractivity contribution is 6.33. The van der Waals surface area contributed by atoms with Crippen LogP contribution in [0.5, 0.6) is 0 Å². The zero-order valence-corrected chi connectivity index (χ0v) is 13.1. The Hall–Kier alpha value is -2.34. The molecule has 1 aromatic heterocycles. The molecule has 2 heterocycles. The number of nitrogens with one attached hydrogen (secondary N) is 1. The number of hydrogen-bond acceptors (Lipinski definition) is 3. The van der Waals surface area contributed by atoms with Crippen molar-refractivity contribution in [1.82, 2.24) is 9.88 Å². The Morgan fingerprint density at radius 2 is 1.91 bits per heavy atom. The smallest absolute Gasteiger partial charge is 0.322 e. The lowest BCUT2D eigenvalue weighted by atomic mass is 10.3. The first-order valence-electron chi connectivity index (χ1n) is 7.31. The van der Waals surface area contributed by atoms with Crippen molar-refractivity contribution in [3.05, 3.63) is 53.4 Å². The number of rotatable bonds is 2. The van der Waals surface area contributed by atoms with Crippen LogP contribution in [0.2, 0.25) is 5.02 Å². The first-order valence-corrected chi connectivity index (χ1v) is 7.69. The molecule has 0 unspecified atom stereocenters. The van der Waals surface area contributed by atoms with Gasteiger partial charge < -0.3 is 15.1 Å². The molecule has 2 aromatic rings. The fourth-order valence-corrected chi connectivity index (χ4v) is 2.69. The van der Waals surface area contributed by atoms with Gasteiger partial charge in [0.25, 0.3) is 0 Å². The minimum atomic E-state index is -0.544. The largest absolute Gasteiger partial charge is 0.353 e. The first kappa shape index (κ1) is 15.6. The van der Waals surface area contributed by atoms with Crippen LogP contribution in [0.3, 0.4) is 0 Å². The van der Waals surface area contributed by atoms with Crippen LogP contribution >= 0.6 is 11.6 Å². The molecule has 1 aromatic carbocycles. The average Bonchev–Trinajstić information content (AvgIpc) is 2.59. The zero-order chi connectivity index (χ0) is 16.2. The van der Waals surface area contributed by atoms with Crippen LogP contribution in [0.15, 0.2) is 42.6 Å². The van der Waals surface area contributed by atoms with E-state index in [2.05, 4.69) is 15.2 Å². The molecule has 5 nitrogen and oxygen atoms in total. The molecule has 0 saturated carbocycles. The third-order valence-electron chi connectivity index (χ3n) is 3.73. The SMILES string of the molecule is O=C(Nc1c(F)cccc1Cl)N1CCN(c2ccccn2)CC1. The van der Waals surface area contributed by atoms with Crippen molar-refractivity contribution in [2.45, 2.75) is 0 Å². The van der Waals surface area contributed by atoms with Gasteiger partial charge in [-0.15, -0.1) is 0 Å². The van der Waals surface area contributed by atoms with E-state index >= 15 is 0 Å². The summed E-state index contributed by atoms with van der Waals surface area (Å²) in [6.07, 6.45) is 1.74. The molecule has 23 heavy (non-hydrogen) atoms. The predicted octanol–water partition coefficient (Wildman–Crippen LogP) is 3.23. The number of benzene rings is 1. The number of halogens is 2. The van der Waals surface area contributed by atoms with Crippen molar-refractivity contribution in [1.29, 1.82) is 0 Å². The molecule has 1 fully saturated rings. The van der Waals surface area contributed by atoms with Gasteiger partial charge in [-0.2, -0.15) is 0 Å². The topological polar surface area (TPSA) is 48.5 Å². The number of pyridine rings is 1. The lowest BCUT2D eigenvalue weighted by Gasteiger charge is -2.35. The van der Waals surface area contributed by atoms with E-state index in [4.69, 9.17) is 11.6 Å². The van der Waals surface area contributed by atoms with Crippen LogP contribution in [-0.4, -0.2) is 42.1 Å². The molecule has 1 aliphatic rings. The van der Waals surface area contributed by atoms with Gasteiger partial charge in [0.1, 0.15) is 11.6 Å². The zero-order valence-electron chi connectivity index (χ0n) is 12.4. The number of para-hydroxylation sites is 1. The van der Waals surface area contributed by atoms with Gasteiger partial charge in [-0.05, 0) is 24.3 Å². The highest BCUT2D eigenvalue weighted by Crippen LogP contribution is 2.25. The molecule has 2 amide bonds. The molecule has 0 bridgehead atoms. The minimum Gasteiger partial charge on any atom is -0.353 e. The van der Waals surface area contributed by atoms with Gasteiger partial charge in [0.2, 0.25) is 0 Å². The molecular weight excluding hydrogens is 319 g/mol. The summed E-state index contributed by atoms with van der Waals surface area (Å²) < 4.78 is 13.7. The summed E-state index contributed by atoms with van der Waals surface area (Å²) in [4.78, 5) is 20.3. The molecule has 7 heteroatoms. The number of piperazine rings is 1. The van der Waals surface area contributed by atoms with Crippen molar-refractivity contribution >= 4 is 29.1 Å². The normalized spacial score (nSPS) is 14.7. The van der Waals surface area contributed by atoms with Gasteiger partial charge in [0.05, 0.1) is 10.7 Å². The Balaban J connectivity index is 1.60. The molecule has 3 rings (SSSR count). The van der Waals surface area contributed by atoms with E-state index in [9.17, 15) is 9.18 Å². The fraction of sp³-hybridized carbons (Fsp3) is 0.250. The van der Waals surface area contributed by atoms with Crippen LogP contribution in [0.25, 0.3) is 0 Å². The number of nitrogens with zero attached hydrogens (tertiary/aromatic N) is 3. The Labute approximate surface area is 138 Å². The quantitative estimate of drug-likeness (QED) is 0.917. The standard InChI is InChI=1S/C16H16ClFN4O/c17-12-4-3-5-13(18)15(12)20-16(23)22-10-8-21(9-11-22)14-6-1-2-7-19-14/h1-7H,8-11H2,(H,20,23). The molecule has 0 atom stereocenters. The molecular formula is C16H16ClFN4O. The van der Waals surface area contributed by atoms with Crippen LogP contribution in [0, 0.1) is 5.82 Å². The predicted molar refractivity (Wildman–Crippen MR) is 88.5 cm³/mol. The van der Waals surface area contributed by atoms with Gasteiger partial charge in [0.15, 0.2) is 0 Å². The molecule has 0 spiro atoms. The lowest BCUT2D eigenvalue weighted by Crippen LogP contribution is -2.50. The monoisotopic (exact) mass is 334 g/mol. The van der Waals surface area contributed by atoms with Gasteiger partial charge in [-0.1, -0.05) is 23.7 Å². The number of anilines is 2. The molecule has 1 saturated heterocycles. The second kappa shape index (κ2) is 6.83. The molecule has 0 aliphatic carbocycles. The molecule has 120 valence electrons. The van der Waals surface area contributed by atoms with Crippen LogP contribution in [-0.2, 0) is 0 Å². The fourth-order valence-electron chi connectivity index (χ4n) is 2.48. The van der Waals surface area contributed by atoms with Gasteiger partial charge in [-0.3, -0.25) is 0 Å². The Bertz CT molecular complexity index is 669. The highest BCUT2D eigenvalue weighted by Gasteiger charge is 2.23. The van der Waals surface area contributed by atoms with Gasteiger partial charge in [-0.25, -0.2) is 14.2 Å². The highest BCUT2D eigenvalue weighted by atomic mass is 35.5. The van der Waals surface area contributed by atoms with Crippen molar-refractivity contribution in [2.75, 3.05) is 36.4 Å². The Morgan fingerprint density at radius 3 is 2.57 bits per heavy atom.